The van der Waals surface area contributed by atoms with Crippen molar-refractivity contribution in [3.05, 3.63) is 82.9 Å². The van der Waals surface area contributed by atoms with Crippen LogP contribution in [0.3, 0.4) is 0 Å². The third kappa shape index (κ3) is 1.36. The van der Waals surface area contributed by atoms with E-state index >= 15 is 0 Å². The Morgan fingerprint density at radius 1 is 0.300 bits per heavy atom. The van der Waals surface area contributed by atoms with E-state index in [-0.39, 0.29) is 0 Å². The van der Waals surface area contributed by atoms with E-state index in [2.05, 4.69) is 60.7 Å². The Bertz CT molecular complexity index is 1740. The number of aryl methyl sites for hydroxylation is 4. The van der Waals surface area contributed by atoms with Gasteiger partial charge in [0.25, 0.3) is 0 Å². The summed E-state index contributed by atoms with van der Waals surface area (Å²) in [6.45, 7) is 0. The van der Waals surface area contributed by atoms with Crippen molar-refractivity contribution in [1.82, 2.24) is 0 Å². The van der Waals surface area contributed by atoms with Crippen LogP contribution in [0.1, 0.15) is 22.3 Å². The minimum absolute atomic E-state index is 1.14. The second-order valence-corrected chi connectivity index (χ2v) is 9.47. The molecule has 0 heterocycles. The molecule has 7 aromatic carbocycles. The monoisotopic (exact) mass is 378 g/mol. The lowest BCUT2D eigenvalue weighted by molar-refractivity contribution is 0.983. The van der Waals surface area contributed by atoms with Gasteiger partial charge in [0.1, 0.15) is 0 Å². The van der Waals surface area contributed by atoms with Gasteiger partial charge >= 0.3 is 0 Å². The molecule has 9 rings (SSSR count). The van der Waals surface area contributed by atoms with E-state index in [1.807, 2.05) is 0 Å². The topological polar surface area (TPSA) is 0 Å². The smallest absolute Gasteiger partial charge is 0.000800 e. The average molecular weight is 378 g/mol. The van der Waals surface area contributed by atoms with Gasteiger partial charge in [-0.15, -0.1) is 0 Å². The number of benzene rings is 5. The standard InChI is InChI=1S/C30H18/c1-3-15-7-9-17-12-14-22-20-6-2-4-16-8-10-18-11-13-21-19(5-1)23(15)29-26(17)28(22)30(24(16)20)25(18)27(21)29/h1-6,11-14H,7-10H2. The lowest BCUT2D eigenvalue weighted by Gasteiger charge is -2.13. The highest BCUT2D eigenvalue weighted by Crippen LogP contribution is 2.54. The number of hydrogen-bond acceptors (Lipinski definition) is 0. The van der Waals surface area contributed by atoms with Gasteiger partial charge < -0.3 is 0 Å². The maximum atomic E-state index is 2.44. The van der Waals surface area contributed by atoms with Crippen molar-refractivity contribution in [1.29, 1.82) is 0 Å². The molecule has 0 saturated heterocycles. The zero-order valence-corrected chi connectivity index (χ0v) is 16.6. The number of rotatable bonds is 0. The summed E-state index contributed by atoms with van der Waals surface area (Å²) in [7, 11) is 0. The molecule has 2 aliphatic carbocycles. The van der Waals surface area contributed by atoms with E-state index in [4.69, 9.17) is 0 Å². The van der Waals surface area contributed by atoms with E-state index in [1.165, 1.54) is 43.4 Å². The summed E-state index contributed by atoms with van der Waals surface area (Å²) in [6.07, 6.45) is 4.57. The van der Waals surface area contributed by atoms with Crippen LogP contribution in [0.25, 0.3) is 64.6 Å². The number of fused-ring (bicyclic) bond motifs is 2. The lowest BCUT2D eigenvalue weighted by Crippen LogP contribution is -1.93. The molecule has 0 heteroatoms. The van der Waals surface area contributed by atoms with Gasteiger partial charge in [-0.2, -0.15) is 0 Å². The minimum Gasteiger partial charge on any atom is -0.0613 e. The van der Waals surface area contributed by atoms with Crippen molar-refractivity contribution >= 4 is 64.6 Å². The SMILES string of the molecule is c1cc2c3c(c1)c1ccc4c5c1c3c1c(ccc3c6cccc(c6c5c31)CC4)CC2. The van der Waals surface area contributed by atoms with Crippen molar-refractivity contribution in [2.75, 3.05) is 0 Å². The first kappa shape index (κ1) is 14.6. The minimum atomic E-state index is 1.14. The normalized spacial score (nSPS) is 15.5. The fourth-order valence-corrected chi connectivity index (χ4v) is 7.19. The maximum absolute atomic E-state index is 2.44. The Balaban J connectivity index is 1.83. The van der Waals surface area contributed by atoms with E-state index in [0.717, 1.165) is 25.7 Å². The quantitative estimate of drug-likeness (QED) is 0.237. The van der Waals surface area contributed by atoms with Crippen LogP contribution in [0.5, 0.6) is 0 Å². The summed E-state index contributed by atoms with van der Waals surface area (Å²) in [5, 5.41) is 18.2. The molecule has 0 aliphatic heterocycles. The van der Waals surface area contributed by atoms with Crippen molar-refractivity contribution in [2.24, 2.45) is 0 Å². The van der Waals surface area contributed by atoms with Crippen LogP contribution < -0.4 is 0 Å². The van der Waals surface area contributed by atoms with Crippen LogP contribution in [0, 0.1) is 0 Å². The van der Waals surface area contributed by atoms with Gasteiger partial charge in [0.05, 0.1) is 0 Å². The van der Waals surface area contributed by atoms with Gasteiger partial charge in [0, 0.05) is 0 Å². The zero-order chi connectivity index (χ0) is 19.1. The fourth-order valence-electron chi connectivity index (χ4n) is 7.19. The van der Waals surface area contributed by atoms with Crippen LogP contribution in [0.4, 0.5) is 0 Å². The van der Waals surface area contributed by atoms with Crippen LogP contribution in [0.2, 0.25) is 0 Å². The predicted molar refractivity (Wildman–Crippen MR) is 129 cm³/mol. The molecule has 0 unspecified atom stereocenters. The fraction of sp³-hybridized carbons (Fsp3) is 0.133. The van der Waals surface area contributed by atoms with Gasteiger partial charge in [0.2, 0.25) is 0 Å². The molecular weight excluding hydrogens is 360 g/mol. The molecule has 138 valence electrons. The predicted octanol–water partition coefficient (Wildman–Crippen LogP) is 7.68. The molecule has 30 heavy (non-hydrogen) atoms. The summed E-state index contributed by atoms with van der Waals surface area (Å²) in [6, 6.07) is 23.7. The van der Waals surface area contributed by atoms with Crippen LogP contribution in [-0.4, -0.2) is 0 Å². The van der Waals surface area contributed by atoms with Crippen LogP contribution in [-0.2, 0) is 25.7 Å². The molecule has 0 bridgehead atoms. The van der Waals surface area contributed by atoms with Gasteiger partial charge in [0.15, 0.2) is 0 Å². The highest BCUT2D eigenvalue weighted by molar-refractivity contribution is 6.49. The molecule has 2 aliphatic rings. The average Bonchev–Trinajstić information content (AvgIpc) is 3.16. The van der Waals surface area contributed by atoms with Crippen molar-refractivity contribution in [3.63, 3.8) is 0 Å². The summed E-state index contributed by atoms with van der Waals surface area (Å²) in [5.41, 5.74) is 6.15. The highest BCUT2D eigenvalue weighted by atomic mass is 14.3. The summed E-state index contributed by atoms with van der Waals surface area (Å²) >= 11 is 0. The molecule has 0 N–H and O–H groups in total. The highest BCUT2D eigenvalue weighted by Gasteiger charge is 2.28. The van der Waals surface area contributed by atoms with E-state index in [9.17, 15) is 0 Å². The Morgan fingerprint density at radius 2 is 0.700 bits per heavy atom. The maximum Gasteiger partial charge on any atom is -0.000800 e. The van der Waals surface area contributed by atoms with E-state index in [1.54, 1.807) is 43.4 Å². The Morgan fingerprint density at radius 3 is 1.17 bits per heavy atom. The van der Waals surface area contributed by atoms with Gasteiger partial charge in [-0.3, -0.25) is 0 Å². The molecule has 0 fully saturated rings. The summed E-state index contributed by atoms with van der Waals surface area (Å²) in [5.74, 6) is 0. The van der Waals surface area contributed by atoms with E-state index in [0.29, 0.717) is 0 Å². The van der Waals surface area contributed by atoms with E-state index < -0.39 is 0 Å². The second kappa shape index (κ2) is 4.52. The van der Waals surface area contributed by atoms with Gasteiger partial charge in [-0.25, -0.2) is 0 Å². The van der Waals surface area contributed by atoms with Crippen LogP contribution in [0.15, 0.2) is 60.7 Å². The van der Waals surface area contributed by atoms with Crippen LogP contribution >= 0.6 is 0 Å². The summed E-state index contributed by atoms with van der Waals surface area (Å²) < 4.78 is 0. The first-order chi connectivity index (χ1) is 14.9. The Hall–Kier alpha value is -3.38. The van der Waals surface area contributed by atoms with Gasteiger partial charge in [-0.05, 0) is 113 Å². The Labute approximate surface area is 173 Å². The number of hydrogen-bond donors (Lipinski definition) is 0. The van der Waals surface area contributed by atoms with Crippen molar-refractivity contribution in [3.8, 4) is 0 Å². The third-order valence-electron chi connectivity index (χ3n) is 8.29. The Kier molecular flexibility index (Phi) is 2.20. The first-order valence-electron chi connectivity index (χ1n) is 11.2. The molecule has 0 aromatic heterocycles. The largest absolute Gasteiger partial charge is 0.0613 e. The zero-order valence-electron chi connectivity index (χ0n) is 16.6. The second-order valence-electron chi connectivity index (χ2n) is 9.47. The van der Waals surface area contributed by atoms with Crippen molar-refractivity contribution in [2.45, 2.75) is 25.7 Å². The molecule has 0 spiro atoms. The molecule has 0 nitrogen and oxygen atoms in total. The van der Waals surface area contributed by atoms with Gasteiger partial charge in [-0.1, -0.05) is 60.7 Å². The first-order valence-corrected chi connectivity index (χ1v) is 11.2. The molecule has 0 atom stereocenters. The lowest BCUT2D eigenvalue weighted by atomic mass is 9.90. The van der Waals surface area contributed by atoms with Crippen molar-refractivity contribution < 1.29 is 0 Å². The summed E-state index contributed by atoms with van der Waals surface area (Å²) in [4.78, 5) is 0. The molecular formula is C30H18. The molecule has 0 saturated carbocycles. The molecule has 0 amide bonds. The molecule has 0 radical (unpaired) electrons. The molecule has 7 aromatic rings. The third-order valence-corrected chi connectivity index (χ3v) is 8.29.